The van der Waals surface area contributed by atoms with Crippen LogP contribution in [-0.4, -0.2) is 0 Å². The first-order valence-electron chi connectivity index (χ1n) is 9.58. The van der Waals surface area contributed by atoms with E-state index in [-0.39, 0.29) is 0 Å². The second kappa shape index (κ2) is 12.7. The number of rotatable bonds is 8. The van der Waals surface area contributed by atoms with Gasteiger partial charge in [0.25, 0.3) is 0 Å². The Morgan fingerprint density at radius 2 is 1.55 bits per heavy atom. The first-order chi connectivity index (χ1) is 9.58. The molecule has 0 N–H and O–H groups in total. The second-order valence-electron chi connectivity index (χ2n) is 7.50. The molecule has 0 heteroatoms. The first kappa shape index (κ1) is 20.0. The van der Waals surface area contributed by atoms with Crippen LogP contribution in [0.2, 0.25) is 0 Å². The maximum atomic E-state index is 2.46. The molecule has 0 aromatic rings. The van der Waals surface area contributed by atoms with Crippen molar-refractivity contribution >= 4 is 0 Å². The standard InChI is InChI=1S/C18H36.C2H6/c1-15(2)8-5-9-16(3)10-6-12-18-13-7-11-17(4)14-18;1-2/h15-18H,5-14H2,1-4H3;1-2H3. The number of hydrogen-bond acceptors (Lipinski definition) is 0. The minimum atomic E-state index is 0.890. The van der Waals surface area contributed by atoms with Gasteiger partial charge in [-0.25, -0.2) is 0 Å². The highest BCUT2D eigenvalue weighted by Crippen LogP contribution is 2.32. The van der Waals surface area contributed by atoms with Crippen molar-refractivity contribution in [2.24, 2.45) is 23.7 Å². The summed E-state index contributed by atoms with van der Waals surface area (Å²) in [6, 6.07) is 0. The van der Waals surface area contributed by atoms with Crippen molar-refractivity contribution in [3.63, 3.8) is 0 Å². The Morgan fingerprint density at radius 1 is 0.900 bits per heavy atom. The maximum Gasteiger partial charge on any atom is -0.0412 e. The van der Waals surface area contributed by atoms with E-state index >= 15 is 0 Å². The highest BCUT2D eigenvalue weighted by atomic mass is 14.2. The Bertz CT molecular complexity index is 194. The molecule has 0 bridgehead atoms. The molecule has 122 valence electrons. The molecule has 0 radical (unpaired) electrons. The van der Waals surface area contributed by atoms with Crippen LogP contribution in [0.1, 0.15) is 106 Å². The summed E-state index contributed by atoms with van der Waals surface area (Å²) in [5, 5.41) is 0. The van der Waals surface area contributed by atoms with Crippen molar-refractivity contribution in [2.45, 2.75) is 106 Å². The molecule has 1 rings (SSSR count). The van der Waals surface area contributed by atoms with Gasteiger partial charge < -0.3 is 0 Å². The molecular formula is C20H42. The van der Waals surface area contributed by atoms with Gasteiger partial charge in [0.05, 0.1) is 0 Å². The summed E-state index contributed by atoms with van der Waals surface area (Å²) < 4.78 is 0. The van der Waals surface area contributed by atoms with E-state index in [4.69, 9.17) is 0 Å². The minimum Gasteiger partial charge on any atom is -0.0683 e. The zero-order valence-electron chi connectivity index (χ0n) is 15.4. The van der Waals surface area contributed by atoms with E-state index in [1.165, 1.54) is 64.2 Å². The third kappa shape index (κ3) is 10.7. The van der Waals surface area contributed by atoms with E-state index in [0.717, 1.165) is 23.7 Å². The lowest BCUT2D eigenvalue weighted by atomic mass is 9.79. The van der Waals surface area contributed by atoms with Crippen molar-refractivity contribution < 1.29 is 0 Å². The molecule has 1 aliphatic carbocycles. The van der Waals surface area contributed by atoms with Crippen LogP contribution in [-0.2, 0) is 0 Å². The molecule has 1 fully saturated rings. The fourth-order valence-electron chi connectivity index (χ4n) is 3.60. The maximum absolute atomic E-state index is 2.46. The van der Waals surface area contributed by atoms with Crippen molar-refractivity contribution in [1.82, 2.24) is 0 Å². The highest BCUT2D eigenvalue weighted by molar-refractivity contribution is 4.70. The fourth-order valence-corrected chi connectivity index (χ4v) is 3.60. The smallest absolute Gasteiger partial charge is 0.0412 e. The largest absolute Gasteiger partial charge is 0.0683 e. The Kier molecular flexibility index (Phi) is 12.7. The van der Waals surface area contributed by atoms with Gasteiger partial charge in [0.2, 0.25) is 0 Å². The molecule has 0 aromatic carbocycles. The van der Waals surface area contributed by atoms with E-state index in [1.54, 1.807) is 0 Å². The molecule has 3 unspecified atom stereocenters. The molecule has 0 heterocycles. The van der Waals surface area contributed by atoms with Crippen LogP contribution in [0, 0.1) is 23.7 Å². The molecule has 20 heavy (non-hydrogen) atoms. The normalized spacial score (nSPS) is 24.1. The average Bonchev–Trinajstić information content (AvgIpc) is 2.40. The quantitative estimate of drug-likeness (QED) is 0.433. The Morgan fingerprint density at radius 3 is 2.15 bits per heavy atom. The fraction of sp³-hybridized carbons (Fsp3) is 1.00. The van der Waals surface area contributed by atoms with Gasteiger partial charge >= 0.3 is 0 Å². The summed E-state index contributed by atoms with van der Waals surface area (Å²) in [5.74, 6) is 3.93. The van der Waals surface area contributed by atoms with Gasteiger partial charge in [-0.1, -0.05) is 99.3 Å². The first-order valence-corrected chi connectivity index (χ1v) is 9.58. The van der Waals surface area contributed by atoms with Crippen molar-refractivity contribution in [2.75, 3.05) is 0 Å². The predicted octanol–water partition coefficient (Wildman–Crippen LogP) is 7.47. The van der Waals surface area contributed by atoms with E-state index in [1.807, 2.05) is 13.8 Å². The van der Waals surface area contributed by atoms with Gasteiger partial charge in [0.15, 0.2) is 0 Å². The molecule has 0 spiro atoms. The lowest BCUT2D eigenvalue weighted by molar-refractivity contribution is 0.259. The lowest BCUT2D eigenvalue weighted by Gasteiger charge is -2.27. The van der Waals surface area contributed by atoms with Gasteiger partial charge in [0.1, 0.15) is 0 Å². The van der Waals surface area contributed by atoms with Crippen LogP contribution in [0.5, 0.6) is 0 Å². The van der Waals surface area contributed by atoms with E-state index in [0.29, 0.717) is 0 Å². The topological polar surface area (TPSA) is 0 Å². The Labute approximate surface area is 130 Å². The molecule has 1 aliphatic rings. The summed E-state index contributed by atoms with van der Waals surface area (Å²) in [5.41, 5.74) is 0. The molecular weight excluding hydrogens is 240 g/mol. The van der Waals surface area contributed by atoms with Gasteiger partial charge in [0, 0.05) is 0 Å². The van der Waals surface area contributed by atoms with Gasteiger partial charge in [-0.05, 0) is 30.1 Å². The van der Waals surface area contributed by atoms with Crippen LogP contribution in [0.4, 0.5) is 0 Å². The second-order valence-corrected chi connectivity index (χ2v) is 7.50. The molecule has 0 aromatic heterocycles. The van der Waals surface area contributed by atoms with Gasteiger partial charge in [-0.3, -0.25) is 0 Å². The van der Waals surface area contributed by atoms with Crippen LogP contribution < -0.4 is 0 Å². The molecule has 0 nitrogen and oxygen atoms in total. The summed E-state index contributed by atoms with van der Waals surface area (Å²) in [6.07, 6.45) is 14.8. The summed E-state index contributed by atoms with van der Waals surface area (Å²) in [4.78, 5) is 0. The van der Waals surface area contributed by atoms with Crippen molar-refractivity contribution in [3.8, 4) is 0 Å². The molecule has 0 aliphatic heterocycles. The zero-order chi connectivity index (χ0) is 15.4. The van der Waals surface area contributed by atoms with Crippen LogP contribution >= 0.6 is 0 Å². The predicted molar refractivity (Wildman–Crippen MR) is 94.2 cm³/mol. The lowest BCUT2D eigenvalue weighted by Crippen LogP contribution is -2.13. The third-order valence-corrected chi connectivity index (χ3v) is 4.83. The molecule has 0 saturated heterocycles. The van der Waals surface area contributed by atoms with Gasteiger partial charge in [-0.2, -0.15) is 0 Å². The summed E-state index contributed by atoms with van der Waals surface area (Å²) >= 11 is 0. The average molecular weight is 283 g/mol. The summed E-state index contributed by atoms with van der Waals surface area (Å²) in [6.45, 7) is 13.6. The van der Waals surface area contributed by atoms with E-state index < -0.39 is 0 Å². The minimum absolute atomic E-state index is 0.890. The highest BCUT2D eigenvalue weighted by Gasteiger charge is 2.18. The Hall–Kier alpha value is 0. The zero-order valence-corrected chi connectivity index (χ0v) is 15.4. The van der Waals surface area contributed by atoms with Crippen molar-refractivity contribution in [3.05, 3.63) is 0 Å². The van der Waals surface area contributed by atoms with E-state index in [2.05, 4.69) is 27.7 Å². The Balaban J connectivity index is 0.00000172. The third-order valence-electron chi connectivity index (χ3n) is 4.83. The molecule has 1 saturated carbocycles. The van der Waals surface area contributed by atoms with Crippen LogP contribution in [0.25, 0.3) is 0 Å². The van der Waals surface area contributed by atoms with Crippen LogP contribution in [0.3, 0.4) is 0 Å². The van der Waals surface area contributed by atoms with Crippen molar-refractivity contribution in [1.29, 1.82) is 0 Å². The monoisotopic (exact) mass is 282 g/mol. The molecule has 0 amide bonds. The van der Waals surface area contributed by atoms with E-state index in [9.17, 15) is 0 Å². The molecule has 3 atom stereocenters. The SMILES string of the molecule is CC.CC(C)CCCC(C)CCCC1CCCC(C)C1. The summed E-state index contributed by atoms with van der Waals surface area (Å²) in [7, 11) is 0. The number of hydrogen-bond donors (Lipinski definition) is 0. The van der Waals surface area contributed by atoms with Gasteiger partial charge in [-0.15, -0.1) is 0 Å². The van der Waals surface area contributed by atoms with Crippen LogP contribution in [0.15, 0.2) is 0 Å².